The first-order valence-corrected chi connectivity index (χ1v) is 9.62. The Balaban J connectivity index is 1.73. The van der Waals surface area contributed by atoms with Crippen molar-refractivity contribution in [2.24, 2.45) is 0 Å². The van der Waals surface area contributed by atoms with Crippen LogP contribution in [0.25, 0.3) is 5.69 Å². The largest absolute Gasteiger partial charge is 0.497 e. The van der Waals surface area contributed by atoms with Crippen molar-refractivity contribution in [3.8, 4) is 22.9 Å². The van der Waals surface area contributed by atoms with Crippen molar-refractivity contribution in [2.75, 3.05) is 32.4 Å². The SMILES string of the molecule is COc1ccc(-n2nnnc2SCC(=O)Nc2cc(C)ccc2OC)c(OC)c1. The van der Waals surface area contributed by atoms with Crippen molar-refractivity contribution >= 4 is 23.4 Å². The third kappa shape index (κ3) is 4.77. The van der Waals surface area contributed by atoms with E-state index in [2.05, 4.69) is 20.8 Å². The number of carbonyl (C=O) groups is 1. The molecule has 0 bridgehead atoms. The quantitative estimate of drug-likeness (QED) is 0.561. The number of carbonyl (C=O) groups excluding carboxylic acids is 1. The molecule has 0 fully saturated rings. The van der Waals surface area contributed by atoms with Crippen molar-refractivity contribution in [3.63, 3.8) is 0 Å². The van der Waals surface area contributed by atoms with Gasteiger partial charge < -0.3 is 19.5 Å². The number of hydrogen-bond donors (Lipinski definition) is 1. The predicted octanol–water partition coefficient (Wildman–Crippen LogP) is 2.73. The summed E-state index contributed by atoms with van der Waals surface area (Å²) in [5.41, 5.74) is 2.28. The fourth-order valence-corrected chi connectivity index (χ4v) is 3.30. The molecular weight excluding hydrogens is 394 g/mol. The number of hydrogen-bond acceptors (Lipinski definition) is 8. The molecule has 0 aliphatic heterocycles. The van der Waals surface area contributed by atoms with E-state index in [1.54, 1.807) is 39.5 Å². The van der Waals surface area contributed by atoms with Crippen molar-refractivity contribution in [3.05, 3.63) is 42.0 Å². The smallest absolute Gasteiger partial charge is 0.234 e. The standard InChI is InChI=1S/C19H21N5O4S/c1-12-5-8-16(27-3)14(9-12)20-18(25)11-29-19-21-22-23-24(19)15-7-6-13(26-2)10-17(15)28-4/h5-10H,11H2,1-4H3,(H,20,25). The van der Waals surface area contributed by atoms with Gasteiger partial charge in [0.1, 0.15) is 22.9 Å². The molecule has 0 radical (unpaired) electrons. The molecule has 1 N–H and O–H groups in total. The van der Waals surface area contributed by atoms with E-state index in [-0.39, 0.29) is 11.7 Å². The first-order chi connectivity index (χ1) is 14.0. The molecule has 1 amide bonds. The maximum Gasteiger partial charge on any atom is 0.234 e. The molecule has 152 valence electrons. The normalized spacial score (nSPS) is 10.5. The summed E-state index contributed by atoms with van der Waals surface area (Å²) in [4.78, 5) is 12.4. The molecular formula is C19H21N5O4S. The second kappa shape index (κ2) is 9.28. The molecule has 0 unspecified atom stereocenters. The van der Waals surface area contributed by atoms with Gasteiger partial charge in [-0.05, 0) is 47.2 Å². The summed E-state index contributed by atoms with van der Waals surface area (Å²) in [6.07, 6.45) is 0. The van der Waals surface area contributed by atoms with E-state index in [4.69, 9.17) is 14.2 Å². The Morgan fingerprint density at radius 1 is 1.07 bits per heavy atom. The fraction of sp³-hybridized carbons (Fsp3) is 0.263. The Hall–Kier alpha value is -3.27. The highest BCUT2D eigenvalue weighted by Gasteiger charge is 2.16. The molecule has 0 aliphatic rings. The molecule has 0 spiro atoms. The molecule has 3 rings (SSSR count). The predicted molar refractivity (Wildman–Crippen MR) is 109 cm³/mol. The summed E-state index contributed by atoms with van der Waals surface area (Å²) in [6.45, 7) is 1.94. The van der Waals surface area contributed by atoms with Gasteiger partial charge in [-0.25, -0.2) is 0 Å². The first-order valence-electron chi connectivity index (χ1n) is 8.63. The lowest BCUT2D eigenvalue weighted by molar-refractivity contribution is -0.113. The second-order valence-corrected chi connectivity index (χ2v) is 6.89. The summed E-state index contributed by atoms with van der Waals surface area (Å²) in [6, 6.07) is 10.9. The monoisotopic (exact) mass is 415 g/mol. The molecule has 3 aromatic rings. The number of tetrazole rings is 1. The van der Waals surface area contributed by atoms with Crippen LogP contribution in [0, 0.1) is 6.92 Å². The van der Waals surface area contributed by atoms with Gasteiger partial charge in [-0.1, -0.05) is 17.8 Å². The number of nitrogens with zero attached hydrogens (tertiary/aromatic N) is 4. The minimum absolute atomic E-state index is 0.121. The number of nitrogens with one attached hydrogen (secondary N) is 1. The molecule has 0 atom stereocenters. The minimum Gasteiger partial charge on any atom is -0.497 e. The van der Waals surface area contributed by atoms with Gasteiger partial charge in [0.05, 0.1) is 32.8 Å². The molecule has 9 nitrogen and oxygen atoms in total. The molecule has 2 aromatic carbocycles. The lowest BCUT2D eigenvalue weighted by atomic mass is 10.2. The number of thioether (sulfide) groups is 1. The van der Waals surface area contributed by atoms with Crippen LogP contribution in [0.15, 0.2) is 41.6 Å². The first kappa shape index (κ1) is 20.5. The van der Waals surface area contributed by atoms with E-state index in [9.17, 15) is 4.79 Å². The Labute approximate surface area is 172 Å². The average molecular weight is 415 g/mol. The van der Waals surface area contributed by atoms with Crippen molar-refractivity contribution in [2.45, 2.75) is 12.1 Å². The van der Waals surface area contributed by atoms with Crippen LogP contribution in [0.5, 0.6) is 17.2 Å². The highest BCUT2D eigenvalue weighted by Crippen LogP contribution is 2.30. The fourth-order valence-electron chi connectivity index (χ4n) is 2.62. The highest BCUT2D eigenvalue weighted by molar-refractivity contribution is 7.99. The van der Waals surface area contributed by atoms with Crippen molar-refractivity contribution < 1.29 is 19.0 Å². The lowest BCUT2D eigenvalue weighted by Gasteiger charge is -2.12. The van der Waals surface area contributed by atoms with Crippen LogP contribution in [0.2, 0.25) is 0 Å². The van der Waals surface area contributed by atoms with Gasteiger partial charge >= 0.3 is 0 Å². The van der Waals surface area contributed by atoms with Crippen LogP contribution < -0.4 is 19.5 Å². The van der Waals surface area contributed by atoms with Crippen LogP contribution in [-0.4, -0.2) is 53.2 Å². The number of anilines is 1. The Morgan fingerprint density at radius 3 is 2.59 bits per heavy atom. The molecule has 0 aliphatic carbocycles. The van der Waals surface area contributed by atoms with Crippen molar-refractivity contribution in [1.82, 2.24) is 20.2 Å². The number of aromatic nitrogens is 4. The molecule has 1 aromatic heterocycles. The van der Waals surface area contributed by atoms with E-state index in [1.807, 2.05) is 25.1 Å². The third-order valence-corrected chi connectivity index (χ3v) is 4.94. The number of amides is 1. The Morgan fingerprint density at radius 2 is 1.86 bits per heavy atom. The number of aryl methyl sites for hydroxylation is 1. The Kier molecular flexibility index (Phi) is 6.55. The molecule has 1 heterocycles. The van der Waals surface area contributed by atoms with Gasteiger partial charge in [0, 0.05) is 6.07 Å². The zero-order valence-corrected chi connectivity index (χ0v) is 17.3. The third-order valence-electron chi connectivity index (χ3n) is 4.02. The summed E-state index contributed by atoms with van der Waals surface area (Å²) in [5, 5.41) is 15.1. The molecule has 0 saturated carbocycles. The van der Waals surface area contributed by atoms with E-state index in [0.29, 0.717) is 33.8 Å². The second-order valence-electron chi connectivity index (χ2n) is 5.95. The number of methoxy groups -OCH3 is 3. The zero-order valence-electron chi connectivity index (χ0n) is 16.5. The summed E-state index contributed by atoms with van der Waals surface area (Å²) in [5.74, 6) is 1.72. The van der Waals surface area contributed by atoms with E-state index in [0.717, 1.165) is 5.56 Å². The van der Waals surface area contributed by atoms with Crippen LogP contribution in [0.1, 0.15) is 5.56 Å². The number of rotatable bonds is 8. The maximum atomic E-state index is 12.4. The summed E-state index contributed by atoms with van der Waals surface area (Å²) >= 11 is 1.21. The van der Waals surface area contributed by atoms with Gasteiger partial charge in [0.15, 0.2) is 0 Å². The van der Waals surface area contributed by atoms with E-state index in [1.165, 1.54) is 16.4 Å². The highest BCUT2D eigenvalue weighted by atomic mass is 32.2. The van der Waals surface area contributed by atoms with Gasteiger partial charge in [-0.15, -0.1) is 5.10 Å². The van der Waals surface area contributed by atoms with E-state index < -0.39 is 0 Å². The molecule has 10 heteroatoms. The zero-order chi connectivity index (χ0) is 20.8. The minimum atomic E-state index is -0.199. The van der Waals surface area contributed by atoms with Gasteiger partial charge in [-0.2, -0.15) is 4.68 Å². The maximum absolute atomic E-state index is 12.4. The lowest BCUT2D eigenvalue weighted by Crippen LogP contribution is -2.15. The van der Waals surface area contributed by atoms with Crippen LogP contribution in [-0.2, 0) is 4.79 Å². The van der Waals surface area contributed by atoms with Crippen LogP contribution in [0.4, 0.5) is 5.69 Å². The van der Waals surface area contributed by atoms with Crippen LogP contribution >= 0.6 is 11.8 Å². The van der Waals surface area contributed by atoms with Gasteiger partial charge in [0.25, 0.3) is 0 Å². The number of benzene rings is 2. The molecule has 0 saturated heterocycles. The molecule has 29 heavy (non-hydrogen) atoms. The summed E-state index contributed by atoms with van der Waals surface area (Å²) in [7, 11) is 4.69. The Bertz CT molecular complexity index is 1010. The van der Waals surface area contributed by atoms with Gasteiger partial charge in [-0.3, -0.25) is 4.79 Å². The topological polar surface area (TPSA) is 100 Å². The van der Waals surface area contributed by atoms with Crippen molar-refractivity contribution in [1.29, 1.82) is 0 Å². The average Bonchev–Trinajstić information content (AvgIpc) is 3.20. The van der Waals surface area contributed by atoms with E-state index >= 15 is 0 Å². The van der Waals surface area contributed by atoms with Gasteiger partial charge in [0.2, 0.25) is 11.1 Å². The number of ether oxygens (including phenoxy) is 3. The van der Waals surface area contributed by atoms with Crippen LogP contribution in [0.3, 0.4) is 0 Å². The summed E-state index contributed by atoms with van der Waals surface area (Å²) < 4.78 is 17.4.